The van der Waals surface area contributed by atoms with E-state index < -0.39 is 0 Å². The van der Waals surface area contributed by atoms with Crippen LogP contribution in [0.4, 0.5) is 11.5 Å². The summed E-state index contributed by atoms with van der Waals surface area (Å²) < 4.78 is 7.63. The van der Waals surface area contributed by atoms with Crippen LogP contribution in [0.3, 0.4) is 0 Å². The van der Waals surface area contributed by atoms with Crippen LogP contribution in [0, 0.1) is 0 Å². The number of hydrogen-bond donors (Lipinski definition) is 3. The first kappa shape index (κ1) is 23.9. The second-order valence-electron chi connectivity index (χ2n) is 8.75. The highest BCUT2D eigenvalue weighted by atomic mass is 16.5. The summed E-state index contributed by atoms with van der Waals surface area (Å²) in [7, 11) is 0. The lowest BCUT2D eigenvalue weighted by molar-refractivity contribution is -0.125. The summed E-state index contributed by atoms with van der Waals surface area (Å²) in [6, 6.07) is 15.4. The van der Waals surface area contributed by atoms with Crippen molar-refractivity contribution < 1.29 is 14.3 Å². The molecule has 1 fully saturated rings. The third-order valence-electron chi connectivity index (χ3n) is 6.50. The molecular formula is C27H27N7O3. The summed E-state index contributed by atoms with van der Waals surface area (Å²) in [4.78, 5) is 35.3. The van der Waals surface area contributed by atoms with Crippen molar-refractivity contribution in [3.8, 4) is 16.9 Å². The SMILES string of the molecule is C=CC(=O)N1CC[C@@H](n2cc(C(=O)NCOc3ccc(-c4ccccc4)cc3N)c3c(N)ncnc32)C1. The van der Waals surface area contributed by atoms with Gasteiger partial charge in [-0.05, 0) is 35.8 Å². The van der Waals surface area contributed by atoms with E-state index in [1.165, 1.54) is 12.4 Å². The summed E-state index contributed by atoms with van der Waals surface area (Å²) in [5.74, 6) is 0.150. The molecule has 10 nitrogen and oxygen atoms in total. The number of nitrogens with one attached hydrogen (secondary N) is 1. The summed E-state index contributed by atoms with van der Waals surface area (Å²) in [6.45, 7) is 4.54. The van der Waals surface area contributed by atoms with Gasteiger partial charge in [0.05, 0.1) is 22.7 Å². The fourth-order valence-corrected chi connectivity index (χ4v) is 4.62. The van der Waals surface area contributed by atoms with E-state index in [9.17, 15) is 9.59 Å². The third-order valence-corrected chi connectivity index (χ3v) is 6.50. The Morgan fingerprint density at radius 3 is 2.70 bits per heavy atom. The molecule has 3 heterocycles. The van der Waals surface area contributed by atoms with Crippen LogP contribution >= 0.6 is 0 Å². The van der Waals surface area contributed by atoms with Crippen LogP contribution in [0.15, 0.2) is 73.7 Å². The van der Waals surface area contributed by atoms with Gasteiger partial charge < -0.3 is 31.0 Å². The zero-order chi connectivity index (χ0) is 25.9. The van der Waals surface area contributed by atoms with E-state index in [1.807, 2.05) is 47.0 Å². The quantitative estimate of drug-likeness (QED) is 0.202. The van der Waals surface area contributed by atoms with Gasteiger partial charge in [0, 0.05) is 19.3 Å². The summed E-state index contributed by atoms with van der Waals surface area (Å²) in [5, 5.41) is 3.22. The van der Waals surface area contributed by atoms with E-state index >= 15 is 0 Å². The Morgan fingerprint density at radius 1 is 1.14 bits per heavy atom. The lowest BCUT2D eigenvalue weighted by atomic mass is 10.1. The summed E-state index contributed by atoms with van der Waals surface area (Å²) in [5.41, 5.74) is 15.7. The number of hydrogen-bond acceptors (Lipinski definition) is 7. The molecule has 0 aliphatic carbocycles. The fraction of sp³-hybridized carbons (Fsp3) is 0.185. The van der Waals surface area contributed by atoms with Gasteiger partial charge in [-0.2, -0.15) is 0 Å². The van der Waals surface area contributed by atoms with Crippen LogP contribution in [-0.4, -0.2) is 51.1 Å². The number of carbonyl (C=O) groups is 2. The van der Waals surface area contributed by atoms with Gasteiger partial charge in [0.2, 0.25) is 5.91 Å². The van der Waals surface area contributed by atoms with Gasteiger partial charge in [0.25, 0.3) is 5.91 Å². The van der Waals surface area contributed by atoms with E-state index in [-0.39, 0.29) is 30.4 Å². The molecule has 0 saturated carbocycles. The molecule has 0 unspecified atom stereocenters. The van der Waals surface area contributed by atoms with Gasteiger partial charge >= 0.3 is 0 Å². The Bertz CT molecular complexity index is 1480. The maximum absolute atomic E-state index is 13.1. The van der Waals surface area contributed by atoms with E-state index in [4.69, 9.17) is 16.2 Å². The van der Waals surface area contributed by atoms with E-state index in [0.29, 0.717) is 41.1 Å². The highest BCUT2D eigenvalue weighted by molar-refractivity contribution is 6.09. The molecule has 2 amide bonds. The lowest BCUT2D eigenvalue weighted by Gasteiger charge is -2.15. The first-order valence-electron chi connectivity index (χ1n) is 11.8. The number of nitrogens with zero attached hydrogens (tertiary/aromatic N) is 4. The molecule has 5 rings (SSSR count). The highest BCUT2D eigenvalue weighted by Crippen LogP contribution is 2.31. The number of benzene rings is 2. The molecule has 1 saturated heterocycles. The first-order valence-corrected chi connectivity index (χ1v) is 11.8. The number of aromatic nitrogens is 3. The molecule has 10 heteroatoms. The van der Waals surface area contributed by atoms with E-state index in [2.05, 4.69) is 21.9 Å². The second-order valence-corrected chi connectivity index (χ2v) is 8.75. The number of ether oxygens (including phenoxy) is 1. The predicted molar refractivity (Wildman–Crippen MR) is 142 cm³/mol. The zero-order valence-electron chi connectivity index (χ0n) is 20.1. The Labute approximate surface area is 213 Å². The molecule has 5 N–H and O–H groups in total. The number of rotatable bonds is 7. The maximum Gasteiger partial charge on any atom is 0.256 e. The average Bonchev–Trinajstić information content (AvgIpc) is 3.56. The number of anilines is 2. The van der Waals surface area contributed by atoms with Crippen LogP contribution in [0.25, 0.3) is 22.2 Å². The van der Waals surface area contributed by atoms with Crippen LogP contribution in [0.2, 0.25) is 0 Å². The number of amides is 2. The number of nitrogen functional groups attached to an aromatic ring is 2. The fourth-order valence-electron chi connectivity index (χ4n) is 4.62. The molecular weight excluding hydrogens is 470 g/mol. The molecule has 188 valence electrons. The van der Waals surface area contributed by atoms with Gasteiger partial charge in [-0.3, -0.25) is 9.59 Å². The minimum Gasteiger partial charge on any atom is -0.471 e. The van der Waals surface area contributed by atoms with Crippen molar-refractivity contribution in [2.45, 2.75) is 12.5 Å². The van der Waals surface area contributed by atoms with Crippen LogP contribution in [0.1, 0.15) is 22.8 Å². The number of likely N-dealkylation sites (tertiary alicyclic amines) is 1. The van der Waals surface area contributed by atoms with Gasteiger partial charge in [0.1, 0.15) is 23.5 Å². The molecule has 4 aromatic rings. The Morgan fingerprint density at radius 2 is 1.95 bits per heavy atom. The maximum atomic E-state index is 13.1. The van der Waals surface area contributed by atoms with Crippen molar-refractivity contribution >= 4 is 34.4 Å². The minimum absolute atomic E-state index is 0.0542. The van der Waals surface area contributed by atoms with E-state index in [0.717, 1.165) is 17.5 Å². The molecule has 2 aromatic heterocycles. The number of carbonyl (C=O) groups excluding carboxylic acids is 2. The number of nitrogens with two attached hydrogens (primary N) is 2. The molecule has 0 bridgehead atoms. The van der Waals surface area contributed by atoms with Crippen molar-refractivity contribution in [3.05, 3.63) is 79.3 Å². The zero-order valence-corrected chi connectivity index (χ0v) is 20.1. The normalized spacial score (nSPS) is 15.0. The van der Waals surface area contributed by atoms with Gasteiger partial charge in [-0.15, -0.1) is 0 Å². The van der Waals surface area contributed by atoms with Gasteiger partial charge in [-0.25, -0.2) is 9.97 Å². The van der Waals surface area contributed by atoms with Gasteiger partial charge in [0.15, 0.2) is 6.73 Å². The largest absolute Gasteiger partial charge is 0.471 e. The van der Waals surface area contributed by atoms with Gasteiger partial charge in [-0.1, -0.05) is 43.0 Å². The first-order chi connectivity index (χ1) is 18.0. The average molecular weight is 498 g/mol. The predicted octanol–water partition coefficient (Wildman–Crippen LogP) is 2.99. The van der Waals surface area contributed by atoms with Crippen molar-refractivity contribution in [3.63, 3.8) is 0 Å². The number of fused-ring (bicyclic) bond motifs is 1. The Balaban J connectivity index is 1.31. The molecule has 1 atom stereocenters. The third kappa shape index (κ3) is 4.68. The molecule has 2 aromatic carbocycles. The second kappa shape index (κ2) is 10.0. The van der Waals surface area contributed by atoms with Crippen molar-refractivity contribution in [1.82, 2.24) is 24.8 Å². The Hall–Kier alpha value is -4.86. The Kier molecular flexibility index (Phi) is 6.46. The standard InChI is InChI=1S/C27H27N7O3/c1-2-23(35)33-11-10-19(13-33)34-14-20(24-25(29)30-15-31-26(24)34)27(36)32-16-37-22-9-8-18(12-21(22)28)17-6-4-3-5-7-17/h2-9,12,14-15,19H,1,10-11,13,16,28H2,(H,32,36)(H2,29,30,31)/t19-/m1/s1. The van der Waals surface area contributed by atoms with Crippen molar-refractivity contribution in [2.24, 2.45) is 0 Å². The lowest BCUT2D eigenvalue weighted by Crippen LogP contribution is -2.28. The van der Waals surface area contributed by atoms with Crippen molar-refractivity contribution in [2.75, 3.05) is 31.3 Å². The minimum atomic E-state index is -0.387. The molecule has 1 aliphatic heterocycles. The van der Waals surface area contributed by atoms with Crippen molar-refractivity contribution in [1.29, 1.82) is 0 Å². The van der Waals surface area contributed by atoms with Crippen LogP contribution < -0.4 is 21.5 Å². The molecule has 0 spiro atoms. The highest BCUT2D eigenvalue weighted by Gasteiger charge is 2.29. The summed E-state index contributed by atoms with van der Waals surface area (Å²) in [6.07, 6.45) is 5.09. The van der Waals surface area contributed by atoms with Crippen LogP contribution in [-0.2, 0) is 4.79 Å². The monoisotopic (exact) mass is 497 g/mol. The molecule has 37 heavy (non-hydrogen) atoms. The molecule has 0 radical (unpaired) electrons. The van der Waals surface area contributed by atoms with E-state index in [1.54, 1.807) is 17.2 Å². The summed E-state index contributed by atoms with van der Waals surface area (Å²) >= 11 is 0. The topological polar surface area (TPSA) is 141 Å². The molecule has 1 aliphatic rings. The van der Waals surface area contributed by atoms with Crippen LogP contribution in [0.5, 0.6) is 5.75 Å². The smallest absolute Gasteiger partial charge is 0.256 e.